The maximum atomic E-state index is 13.0. The Bertz CT molecular complexity index is 898. The van der Waals surface area contributed by atoms with Crippen LogP contribution in [0.5, 0.6) is 0 Å². The third kappa shape index (κ3) is 4.54. The zero-order valence-electron chi connectivity index (χ0n) is 15.9. The Morgan fingerprint density at radius 3 is 2.03 bits per heavy atom. The molecule has 2 aromatic rings. The van der Waals surface area contributed by atoms with E-state index in [-0.39, 0.29) is 12.1 Å². The SMILES string of the molecule is O=C(NC1=NN(C(=O)Nc2ccccc2)C2(CCCCC2)S1)Nc1ccccc1. The van der Waals surface area contributed by atoms with E-state index >= 15 is 0 Å². The quantitative estimate of drug-likeness (QED) is 0.651. The number of para-hydroxylation sites is 2. The maximum absolute atomic E-state index is 13.0. The van der Waals surface area contributed by atoms with Crippen LogP contribution in [-0.4, -0.2) is 27.1 Å². The molecule has 2 aliphatic rings. The summed E-state index contributed by atoms with van der Waals surface area (Å²) in [6.07, 6.45) is 4.89. The molecule has 7 nitrogen and oxygen atoms in total. The summed E-state index contributed by atoms with van der Waals surface area (Å²) in [4.78, 5) is 24.9. The van der Waals surface area contributed by atoms with Gasteiger partial charge in [-0.3, -0.25) is 5.32 Å². The van der Waals surface area contributed by atoms with Gasteiger partial charge in [-0.1, -0.05) is 67.4 Å². The van der Waals surface area contributed by atoms with Gasteiger partial charge in [0.25, 0.3) is 0 Å². The van der Waals surface area contributed by atoms with Crippen molar-refractivity contribution in [3.63, 3.8) is 0 Å². The van der Waals surface area contributed by atoms with E-state index in [2.05, 4.69) is 21.1 Å². The predicted molar refractivity (Wildman–Crippen MR) is 117 cm³/mol. The molecule has 1 aliphatic carbocycles. The number of carbonyl (C=O) groups excluding carboxylic acids is 2. The Morgan fingerprint density at radius 1 is 0.828 bits per heavy atom. The molecule has 2 aromatic carbocycles. The number of amidine groups is 1. The van der Waals surface area contributed by atoms with Crippen LogP contribution in [0.1, 0.15) is 32.1 Å². The summed E-state index contributed by atoms with van der Waals surface area (Å²) in [6, 6.07) is 17.9. The van der Waals surface area contributed by atoms with Crippen molar-refractivity contribution in [1.82, 2.24) is 10.3 Å². The first-order chi connectivity index (χ1) is 14.1. The summed E-state index contributed by atoms with van der Waals surface area (Å²) < 4.78 is 0. The minimum Gasteiger partial charge on any atom is -0.308 e. The number of benzene rings is 2. The van der Waals surface area contributed by atoms with Crippen LogP contribution in [0.25, 0.3) is 0 Å². The highest BCUT2D eigenvalue weighted by Crippen LogP contribution is 2.47. The summed E-state index contributed by atoms with van der Waals surface area (Å²) in [5.74, 6) is 0. The minimum absolute atomic E-state index is 0.286. The third-order valence-corrected chi connectivity index (χ3v) is 6.31. The van der Waals surface area contributed by atoms with Gasteiger partial charge < -0.3 is 10.6 Å². The highest BCUT2D eigenvalue weighted by atomic mass is 32.2. The van der Waals surface area contributed by atoms with Crippen LogP contribution in [0.4, 0.5) is 21.0 Å². The molecule has 0 unspecified atom stereocenters. The van der Waals surface area contributed by atoms with Gasteiger partial charge in [-0.25, -0.2) is 9.59 Å². The number of urea groups is 2. The normalized spacial score (nSPS) is 17.5. The van der Waals surface area contributed by atoms with Crippen LogP contribution in [0.2, 0.25) is 0 Å². The lowest BCUT2D eigenvalue weighted by Crippen LogP contribution is -2.46. The fourth-order valence-electron chi connectivity index (χ4n) is 3.60. The van der Waals surface area contributed by atoms with Crippen molar-refractivity contribution >= 4 is 40.4 Å². The topological polar surface area (TPSA) is 85.8 Å². The fraction of sp³-hybridized carbons (Fsp3) is 0.286. The molecule has 1 spiro atoms. The first-order valence-electron chi connectivity index (χ1n) is 9.72. The van der Waals surface area contributed by atoms with E-state index in [0.717, 1.165) is 32.1 Å². The molecule has 150 valence electrons. The second-order valence-corrected chi connectivity index (χ2v) is 8.42. The van der Waals surface area contributed by atoms with Gasteiger partial charge in [-0.2, -0.15) is 5.01 Å². The molecule has 29 heavy (non-hydrogen) atoms. The van der Waals surface area contributed by atoms with E-state index in [1.807, 2.05) is 60.7 Å². The Kier molecular flexibility index (Phi) is 5.71. The zero-order valence-corrected chi connectivity index (χ0v) is 16.7. The first-order valence-corrected chi connectivity index (χ1v) is 10.5. The number of nitrogens with zero attached hydrogens (tertiary/aromatic N) is 2. The average molecular weight is 410 g/mol. The summed E-state index contributed by atoms with van der Waals surface area (Å²) >= 11 is 1.46. The van der Waals surface area contributed by atoms with Gasteiger partial charge >= 0.3 is 12.1 Å². The number of hydrogen-bond donors (Lipinski definition) is 3. The lowest BCUT2D eigenvalue weighted by atomic mass is 9.94. The van der Waals surface area contributed by atoms with Crippen LogP contribution >= 0.6 is 11.8 Å². The van der Waals surface area contributed by atoms with Crippen molar-refractivity contribution in [2.75, 3.05) is 10.6 Å². The lowest BCUT2D eigenvalue weighted by Gasteiger charge is -2.37. The summed E-state index contributed by atoms with van der Waals surface area (Å²) in [6.45, 7) is 0. The van der Waals surface area contributed by atoms with Crippen molar-refractivity contribution in [2.45, 2.75) is 37.0 Å². The molecule has 1 fully saturated rings. The van der Waals surface area contributed by atoms with Crippen molar-refractivity contribution in [3.8, 4) is 0 Å². The van der Waals surface area contributed by atoms with E-state index in [1.54, 1.807) is 0 Å². The van der Waals surface area contributed by atoms with Crippen molar-refractivity contribution in [3.05, 3.63) is 60.7 Å². The van der Waals surface area contributed by atoms with Gasteiger partial charge in [0, 0.05) is 11.4 Å². The number of nitrogens with one attached hydrogen (secondary N) is 3. The Balaban J connectivity index is 1.48. The van der Waals surface area contributed by atoms with Gasteiger partial charge in [0.1, 0.15) is 4.87 Å². The van der Waals surface area contributed by atoms with Crippen LogP contribution in [-0.2, 0) is 0 Å². The molecule has 4 amide bonds. The Hall–Kier alpha value is -3.00. The number of hydrogen-bond acceptors (Lipinski definition) is 4. The van der Waals surface area contributed by atoms with Gasteiger partial charge in [0.15, 0.2) is 5.17 Å². The first kappa shape index (κ1) is 19.3. The molecule has 4 rings (SSSR count). The van der Waals surface area contributed by atoms with Gasteiger partial charge in [-0.15, -0.1) is 5.10 Å². The standard InChI is InChI=1S/C21H23N5O2S/c27-18(22-16-10-4-1-5-11-16)24-19-25-26(21(29-19)14-8-3-9-15-21)20(28)23-17-12-6-2-7-13-17/h1-2,4-7,10-13H,3,8-9,14-15H2,(H,23,28)(H2,22,24,25,27). The van der Waals surface area contributed by atoms with Crippen molar-refractivity contribution in [1.29, 1.82) is 0 Å². The number of anilines is 2. The van der Waals surface area contributed by atoms with E-state index in [4.69, 9.17) is 0 Å². The molecular weight excluding hydrogens is 386 g/mol. The van der Waals surface area contributed by atoms with Crippen molar-refractivity contribution in [2.24, 2.45) is 5.10 Å². The van der Waals surface area contributed by atoms with Crippen LogP contribution in [0, 0.1) is 0 Å². The van der Waals surface area contributed by atoms with E-state index in [1.165, 1.54) is 16.8 Å². The van der Waals surface area contributed by atoms with Crippen LogP contribution in [0.3, 0.4) is 0 Å². The highest BCUT2D eigenvalue weighted by Gasteiger charge is 2.48. The van der Waals surface area contributed by atoms with Crippen molar-refractivity contribution < 1.29 is 9.59 Å². The second-order valence-electron chi connectivity index (χ2n) is 7.07. The summed E-state index contributed by atoms with van der Waals surface area (Å²) in [7, 11) is 0. The number of hydrazone groups is 1. The molecule has 0 saturated heterocycles. The molecule has 1 saturated carbocycles. The smallest absolute Gasteiger partial charge is 0.308 e. The maximum Gasteiger partial charge on any atom is 0.343 e. The molecule has 0 aromatic heterocycles. The van der Waals surface area contributed by atoms with E-state index in [9.17, 15) is 9.59 Å². The Morgan fingerprint density at radius 2 is 1.41 bits per heavy atom. The molecule has 0 radical (unpaired) electrons. The molecular formula is C21H23N5O2S. The molecule has 1 heterocycles. The molecule has 8 heteroatoms. The molecule has 3 N–H and O–H groups in total. The molecule has 0 bridgehead atoms. The largest absolute Gasteiger partial charge is 0.343 e. The zero-order chi connectivity index (χ0) is 20.1. The minimum atomic E-state index is -0.452. The monoisotopic (exact) mass is 409 g/mol. The van der Waals surface area contributed by atoms with E-state index in [0.29, 0.717) is 16.5 Å². The summed E-state index contributed by atoms with van der Waals surface area (Å²) in [5.41, 5.74) is 1.41. The van der Waals surface area contributed by atoms with Crippen LogP contribution in [0.15, 0.2) is 65.8 Å². The number of amides is 4. The third-order valence-electron chi connectivity index (χ3n) is 4.97. The highest BCUT2D eigenvalue weighted by molar-refractivity contribution is 8.15. The van der Waals surface area contributed by atoms with Gasteiger partial charge in [-0.05, 0) is 37.1 Å². The average Bonchev–Trinajstić information content (AvgIpc) is 3.07. The number of thioether (sulfide) groups is 1. The van der Waals surface area contributed by atoms with Crippen LogP contribution < -0.4 is 16.0 Å². The van der Waals surface area contributed by atoms with Gasteiger partial charge in [0.05, 0.1) is 0 Å². The number of rotatable bonds is 2. The Labute approximate surface area is 173 Å². The summed E-state index contributed by atoms with van der Waals surface area (Å²) in [5, 5.41) is 14.9. The fourth-order valence-corrected chi connectivity index (χ4v) is 4.93. The van der Waals surface area contributed by atoms with Gasteiger partial charge in [0.2, 0.25) is 0 Å². The molecule has 0 atom stereocenters. The lowest BCUT2D eigenvalue weighted by molar-refractivity contribution is 0.157. The second kappa shape index (κ2) is 8.57. The van der Waals surface area contributed by atoms with E-state index < -0.39 is 4.87 Å². The predicted octanol–water partition coefficient (Wildman–Crippen LogP) is 5.02. The molecule has 1 aliphatic heterocycles. The number of carbonyl (C=O) groups is 2.